The van der Waals surface area contributed by atoms with E-state index in [0.717, 1.165) is 0 Å². The molecular formula is C24H44O21. The molecule has 0 aromatic carbocycles. The monoisotopic (exact) mass is 668 g/mol. The van der Waals surface area contributed by atoms with Crippen molar-refractivity contribution in [1.82, 2.24) is 0 Å². The molecule has 0 amide bonds. The molecule has 21 nitrogen and oxygen atoms in total. The number of hydrogen-bond donors (Lipinski definition) is 15. The molecule has 15 N–H and O–H groups in total. The van der Waals surface area contributed by atoms with Gasteiger partial charge in [0.05, 0.1) is 33.0 Å². The van der Waals surface area contributed by atoms with E-state index < -0.39 is 150 Å². The number of aliphatic hydroxyl groups is 15. The van der Waals surface area contributed by atoms with Crippen LogP contribution < -0.4 is 0 Å². The van der Waals surface area contributed by atoms with Gasteiger partial charge in [-0.25, -0.2) is 0 Å². The zero-order valence-electron chi connectivity index (χ0n) is 23.7. The van der Waals surface area contributed by atoms with Crippen molar-refractivity contribution >= 4 is 0 Å². The first kappa shape index (κ1) is 38.6. The summed E-state index contributed by atoms with van der Waals surface area (Å²) in [5, 5.41) is 151. The van der Waals surface area contributed by atoms with Crippen molar-refractivity contribution in [3.63, 3.8) is 0 Å². The van der Waals surface area contributed by atoms with Crippen molar-refractivity contribution in [2.75, 3.05) is 33.0 Å². The normalized spacial score (nSPS) is 45.5. The molecule has 0 aromatic heterocycles. The minimum Gasteiger partial charge on any atom is -0.394 e. The summed E-state index contributed by atoms with van der Waals surface area (Å²) >= 11 is 0. The van der Waals surface area contributed by atoms with Gasteiger partial charge in [0.25, 0.3) is 0 Å². The Labute approximate surface area is 255 Å². The van der Waals surface area contributed by atoms with E-state index in [1.165, 1.54) is 0 Å². The van der Waals surface area contributed by atoms with Crippen molar-refractivity contribution in [3.05, 3.63) is 0 Å². The molecule has 3 fully saturated rings. The van der Waals surface area contributed by atoms with Crippen molar-refractivity contribution in [2.24, 2.45) is 0 Å². The second-order valence-electron chi connectivity index (χ2n) is 10.9. The lowest BCUT2D eigenvalue weighted by molar-refractivity contribution is -0.390. The average molecular weight is 669 g/mol. The lowest BCUT2D eigenvalue weighted by Gasteiger charge is -2.48. The predicted molar refractivity (Wildman–Crippen MR) is 136 cm³/mol. The van der Waals surface area contributed by atoms with Gasteiger partial charge >= 0.3 is 0 Å². The summed E-state index contributed by atoms with van der Waals surface area (Å²) in [7, 11) is 0. The Morgan fingerprint density at radius 2 is 0.933 bits per heavy atom. The third-order valence-electron chi connectivity index (χ3n) is 7.88. The lowest BCUT2D eigenvalue weighted by atomic mass is 9.96. The summed E-state index contributed by atoms with van der Waals surface area (Å²) in [5.41, 5.74) is 0. The predicted octanol–water partition coefficient (Wildman–Crippen LogP) is -10.1. The molecule has 21 heteroatoms. The Hall–Kier alpha value is -0.840. The van der Waals surface area contributed by atoms with E-state index in [0.29, 0.717) is 0 Å². The van der Waals surface area contributed by atoms with Gasteiger partial charge in [-0.1, -0.05) is 0 Å². The van der Waals surface area contributed by atoms with Crippen LogP contribution in [0.3, 0.4) is 0 Å². The van der Waals surface area contributed by atoms with E-state index in [1.807, 2.05) is 0 Å². The minimum atomic E-state index is -2.09. The molecule has 0 radical (unpaired) electrons. The van der Waals surface area contributed by atoms with Crippen LogP contribution in [0.2, 0.25) is 0 Å². The van der Waals surface area contributed by atoms with Crippen LogP contribution in [0.4, 0.5) is 0 Å². The van der Waals surface area contributed by atoms with E-state index in [4.69, 9.17) is 33.5 Å². The smallest absolute Gasteiger partial charge is 0.187 e. The van der Waals surface area contributed by atoms with Crippen molar-refractivity contribution in [1.29, 1.82) is 0 Å². The second-order valence-corrected chi connectivity index (χ2v) is 10.9. The number of rotatable bonds is 14. The van der Waals surface area contributed by atoms with Crippen LogP contribution in [0.1, 0.15) is 0 Å². The third-order valence-corrected chi connectivity index (χ3v) is 7.88. The maximum atomic E-state index is 11.1. The van der Waals surface area contributed by atoms with Gasteiger partial charge in [0.2, 0.25) is 0 Å². The van der Waals surface area contributed by atoms with Gasteiger partial charge in [-0.05, 0) is 0 Å². The summed E-state index contributed by atoms with van der Waals surface area (Å²) in [6.07, 6.45) is -35.4. The highest BCUT2D eigenvalue weighted by Gasteiger charge is 2.54. The first-order valence-electron chi connectivity index (χ1n) is 14.0. The van der Waals surface area contributed by atoms with Gasteiger partial charge in [0, 0.05) is 0 Å². The maximum absolute atomic E-state index is 11.1. The molecule has 266 valence electrons. The fourth-order valence-electron chi connectivity index (χ4n) is 5.09. The fraction of sp³-hybridized carbons (Fsp3) is 1.00. The molecule has 19 atom stereocenters. The highest BCUT2D eigenvalue weighted by molar-refractivity contribution is 4.96. The maximum Gasteiger partial charge on any atom is 0.187 e. The zero-order valence-corrected chi connectivity index (χ0v) is 23.7. The number of aliphatic hydroxyl groups excluding tert-OH is 15. The topological polar surface area (TPSA) is 359 Å². The summed E-state index contributed by atoms with van der Waals surface area (Å²) < 4.78 is 32.6. The average Bonchev–Trinajstić information content (AvgIpc) is 3.04. The highest BCUT2D eigenvalue weighted by Crippen LogP contribution is 2.33. The van der Waals surface area contributed by atoms with E-state index in [9.17, 15) is 71.5 Å². The molecule has 0 spiro atoms. The quantitative estimate of drug-likeness (QED) is 0.0816. The molecular weight excluding hydrogens is 624 g/mol. The van der Waals surface area contributed by atoms with Gasteiger partial charge in [-0.15, -0.1) is 0 Å². The molecule has 0 unspecified atom stereocenters. The van der Waals surface area contributed by atoms with Crippen LogP contribution in [0, 0.1) is 0 Å². The highest BCUT2D eigenvalue weighted by atomic mass is 16.8. The van der Waals surface area contributed by atoms with Crippen LogP contribution in [-0.4, -0.2) is 226 Å². The van der Waals surface area contributed by atoms with E-state index in [1.54, 1.807) is 0 Å². The molecule has 3 saturated heterocycles. The van der Waals surface area contributed by atoms with Gasteiger partial charge in [0.15, 0.2) is 18.9 Å². The van der Waals surface area contributed by atoms with Crippen LogP contribution in [0.25, 0.3) is 0 Å². The second kappa shape index (κ2) is 17.0. The van der Waals surface area contributed by atoms with E-state index >= 15 is 0 Å². The van der Waals surface area contributed by atoms with Crippen LogP contribution >= 0.6 is 0 Å². The Balaban J connectivity index is 1.86. The fourth-order valence-corrected chi connectivity index (χ4v) is 5.09. The first-order valence-corrected chi connectivity index (χ1v) is 14.0. The minimum absolute atomic E-state index is 0.827. The molecule has 0 aliphatic carbocycles. The lowest BCUT2D eigenvalue weighted by Crippen LogP contribution is -2.67. The van der Waals surface area contributed by atoms with Crippen molar-refractivity contribution in [2.45, 2.75) is 117 Å². The van der Waals surface area contributed by atoms with Crippen molar-refractivity contribution in [3.8, 4) is 0 Å². The van der Waals surface area contributed by atoms with Gasteiger partial charge in [-0.2, -0.15) is 0 Å². The number of hydrogen-bond acceptors (Lipinski definition) is 21. The Kier molecular flexibility index (Phi) is 14.6. The van der Waals surface area contributed by atoms with Crippen LogP contribution in [-0.2, 0) is 28.4 Å². The van der Waals surface area contributed by atoms with E-state index in [-0.39, 0.29) is 0 Å². The van der Waals surface area contributed by atoms with Crippen LogP contribution in [0.5, 0.6) is 0 Å². The molecule has 3 rings (SSSR count). The molecule has 0 aromatic rings. The third kappa shape index (κ3) is 8.43. The molecule has 0 bridgehead atoms. The first-order chi connectivity index (χ1) is 21.2. The van der Waals surface area contributed by atoms with Crippen molar-refractivity contribution < 1.29 is 105 Å². The van der Waals surface area contributed by atoms with Gasteiger partial charge in [-0.3, -0.25) is 0 Å². The molecule has 3 aliphatic heterocycles. The molecule has 3 heterocycles. The SMILES string of the molecule is OC[C@@H](O)[C@@H](O)[C@H](O)[C@@H](CO)O[C@H]1O[C@H](CO)[C@@H](O)[C@H](O)[C@@H]1O[C@H]1O[C@H](CO)[C@@H](O)[C@H](O[C@H]2O[C@H](CO)[C@@H](O)[C@H](O)[C@@H]2O)[C@@H]1O. The Morgan fingerprint density at radius 3 is 1.44 bits per heavy atom. The molecule has 3 aliphatic rings. The largest absolute Gasteiger partial charge is 0.394 e. The van der Waals surface area contributed by atoms with E-state index in [2.05, 4.69) is 0 Å². The summed E-state index contributed by atoms with van der Waals surface area (Å²) in [6, 6.07) is 0. The van der Waals surface area contributed by atoms with Gasteiger partial charge in [0.1, 0.15) is 97.7 Å². The molecule has 45 heavy (non-hydrogen) atoms. The Morgan fingerprint density at radius 1 is 0.467 bits per heavy atom. The summed E-state index contributed by atoms with van der Waals surface area (Å²) in [4.78, 5) is 0. The summed E-state index contributed by atoms with van der Waals surface area (Å²) in [5.74, 6) is 0. The van der Waals surface area contributed by atoms with Gasteiger partial charge < -0.3 is 105 Å². The Bertz CT molecular complexity index is 871. The standard InChI is InChI=1S/C24H44O21/c25-1-6(30)11(31)12(32)7(2-26)42-24-21(17(37)14(34)9(4-28)43-24)45-23-19(39)20(15(35)10(5-29)41-23)44-22-18(38)16(36)13(33)8(3-27)40-22/h6-39H,1-5H2/t6-,7-,8-,9-,10-,11-,12-,13-,14-,15-,16+,17+,18+,19+,20+,21+,22-,23-,24+/m1/s1. The summed E-state index contributed by atoms with van der Waals surface area (Å²) in [6.45, 7) is -4.68. The molecule has 0 saturated carbocycles. The number of ether oxygens (including phenoxy) is 6. The zero-order chi connectivity index (χ0) is 33.7. The van der Waals surface area contributed by atoms with Crippen LogP contribution in [0.15, 0.2) is 0 Å².